The average Bonchev–Trinajstić information content (AvgIpc) is 2.65. The van der Waals surface area contributed by atoms with E-state index in [-0.39, 0.29) is 11.1 Å². The van der Waals surface area contributed by atoms with Gasteiger partial charge in [-0.3, -0.25) is 4.79 Å². The molecule has 0 heterocycles. The minimum Gasteiger partial charge on any atom is -0.478 e. The van der Waals surface area contributed by atoms with E-state index < -0.39 is 17.8 Å². The van der Waals surface area contributed by atoms with Gasteiger partial charge in [-0.15, -0.1) is 0 Å². The quantitative estimate of drug-likeness (QED) is 0.552. The van der Waals surface area contributed by atoms with Crippen LogP contribution in [0.2, 0.25) is 0 Å². The van der Waals surface area contributed by atoms with E-state index in [1.165, 1.54) is 12.1 Å². The molecule has 2 aromatic rings. The third kappa shape index (κ3) is 5.17. The second-order valence-electron chi connectivity index (χ2n) is 5.73. The summed E-state index contributed by atoms with van der Waals surface area (Å²) in [6.45, 7) is 2.46. The number of benzene rings is 2. The number of carboxylic acid groups (broad SMARTS) is 1. The van der Waals surface area contributed by atoms with Crippen molar-refractivity contribution in [2.45, 2.75) is 26.2 Å². The van der Waals surface area contributed by atoms with Crippen LogP contribution in [0, 0.1) is 0 Å². The number of nitrogens with one attached hydrogen (secondary N) is 1. The molecule has 6 heteroatoms. The van der Waals surface area contributed by atoms with Crippen LogP contribution >= 0.6 is 0 Å². The van der Waals surface area contributed by atoms with E-state index in [4.69, 9.17) is 9.84 Å². The van der Waals surface area contributed by atoms with Crippen molar-refractivity contribution in [3.63, 3.8) is 0 Å². The molecule has 2 N–H and O–H groups in total. The number of carbonyl (C=O) groups is 3. The van der Waals surface area contributed by atoms with Gasteiger partial charge in [0.25, 0.3) is 5.91 Å². The molecule has 2 rings (SSSR count). The largest absolute Gasteiger partial charge is 0.478 e. The second-order valence-corrected chi connectivity index (χ2v) is 5.73. The monoisotopic (exact) mass is 355 g/mol. The molecule has 6 nitrogen and oxygen atoms in total. The highest BCUT2D eigenvalue weighted by molar-refractivity contribution is 6.10. The van der Waals surface area contributed by atoms with Gasteiger partial charge in [0.15, 0.2) is 0 Å². The van der Waals surface area contributed by atoms with Gasteiger partial charge in [-0.25, -0.2) is 9.59 Å². The highest BCUT2D eigenvalue weighted by atomic mass is 16.5. The summed E-state index contributed by atoms with van der Waals surface area (Å²) in [7, 11) is 0. The first-order valence-corrected chi connectivity index (χ1v) is 8.43. The number of hydrogen-bond acceptors (Lipinski definition) is 4. The minimum absolute atomic E-state index is 0.0689. The van der Waals surface area contributed by atoms with Crippen LogP contribution in [0.15, 0.2) is 48.5 Å². The number of anilines is 1. The lowest BCUT2D eigenvalue weighted by atomic mass is 10.1. The number of ether oxygens (including phenoxy) is 1. The fraction of sp³-hybridized carbons (Fsp3) is 0.250. The highest BCUT2D eigenvalue weighted by Gasteiger charge is 2.16. The first kappa shape index (κ1) is 19.2. The van der Waals surface area contributed by atoms with E-state index in [1.807, 2.05) is 0 Å². The normalized spacial score (nSPS) is 10.2. The number of unbranched alkanes of at least 4 members (excludes halogenated alkanes) is 2. The Bertz CT molecular complexity index is 783. The Morgan fingerprint density at radius 3 is 2.23 bits per heavy atom. The van der Waals surface area contributed by atoms with Gasteiger partial charge in [-0.1, -0.05) is 31.9 Å². The molecule has 0 aliphatic carbocycles. The summed E-state index contributed by atoms with van der Waals surface area (Å²) >= 11 is 0. The minimum atomic E-state index is -1.17. The molecule has 0 fully saturated rings. The van der Waals surface area contributed by atoms with Crippen LogP contribution < -0.4 is 5.32 Å². The molecule has 0 atom stereocenters. The summed E-state index contributed by atoms with van der Waals surface area (Å²) in [6, 6.07) is 12.2. The lowest BCUT2D eigenvalue weighted by Crippen LogP contribution is -2.16. The molecule has 0 spiro atoms. The number of aromatic carboxylic acids is 1. The molecular weight excluding hydrogens is 334 g/mol. The third-order valence-corrected chi connectivity index (χ3v) is 3.76. The molecule has 26 heavy (non-hydrogen) atoms. The van der Waals surface area contributed by atoms with Gasteiger partial charge in [-0.05, 0) is 42.8 Å². The lowest BCUT2D eigenvalue weighted by molar-refractivity contribution is 0.0497. The van der Waals surface area contributed by atoms with Gasteiger partial charge in [-0.2, -0.15) is 0 Å². The van der Waals surface area contributed by atoms with E-state index in [0.717, 1.165) is 19.3 Å². The fourth-order valence-corrected chi connectivity index (χ4v) is 2.36. The van der Waals surface area contributed by atoms with Crippen molar-refractivity contribution in [3.05, 3.63) is 65.2 Å². The Balaban J connectivity index is 2.00. The molecule has 0 aromatic heterocycles. The summed E-state index contributed by atoms with van der Waals surface area (Å²) in [5.41, 5.74) is 0.847. The molecule has 1 amide bonds. The van der Waals surface area contributed by atoms with Crippen molar-refractivity contribution < 1.29 is 24.2 Å². The molecular formula is C20H21NO5. The number of amides is 1. The molecule has 0 unspecified atom stereocenters. The zero-order valence-corrected chi connectivity index (χ0v) is 14.5. The molecule has 2 aromatic carbocycles. The van der Waals surface area contributed by atoms with Gasteiger partial charge in [0.2, 0.25) is 0 Å². The number of carbonyl (C=O) groups excluding carboxylic acids is 2. The van der Waals surface area contributed by atoms with Crippen LogP contribution in [0.1, 0.15) is 57.3 Å². The Labute approximate surface area is 151 Å². The van der Waals surface area contributed by atoms with Crippen molar-refractivity contribution in [2.24, 2.45) is 0 Å². The van der Waals surface area contributed by atoms with Crippen molar-refractivity contribution in [2.75, 3.05) is 11.9 Å². The van der Waals surface area contributed by atoms with Crippen LogP contribution in [0.3, 0.4) is 0 Å². The molecule has 0 saturated carbocycles. The van der Waals surface area contributed by atoms with Crippen molar-refractivity contribution in [1.29, 1.82) is 0 Å². The third-order valence-electron chi connectivity index (χ3n) is 3.76. The smallest absolute Gasteiger partial charge is 0.338 e. The maximum absolute atomic E-state index is 12.3. The predicted molar refractivity (Wildman–Crippen MR) is 97.6 cm³/mol. The zero-order chi connectivity index (χ0) is 18.9. The summed E-state index contributed by atoms with van der Waals surface area (Å²) in [5, 5.41) is 11.8. The SMILES string of the molecule is CCCCCOC(=O)c1ccc(NC(=O)c2ccccc2C(=O)O)cc1. The Morgan fingerprint density at radius 1 is 0.962 bits per heavy atom. The first-order valence-electron chi connectivity index (χ1n) is 8.43. The van der Waals surface area contributed by atoms with Crippen LogP contribution in [0.4, 0.5) is 5.69 Å². The molecule has 0 radical (unpaired) electrons. The van der Waals surface area contributed by atoms with E-state index in [9.17, 15) is 14.4 Å². The first-order chi connectivity index (χ1) is 12.5. The molecule has 0 aliphatic heterocycles. The summed E-state index contributed by atoms with van der Waals surface area (Å²) in [6.07, 6.45) is 2.90. The second kappa shape index (κ2) is 9.36. The highest BCUT2D eigenvalue weighted by Crippen LogP contribution is 2.15. The number of rotatable bonds is 8. The van der Waals surface area contributed by atoms with E-state index in [1.54, 1.807) is 36.4 Å². The topological polar surface area (TPSA) is 92.7 Å². The van der Waals surface area contributed by atoms with Crippen molar-refractivity contribution >= 4 is 23.5 Å². The van der Waals surface area contributed by atoms with Crippen LogP contribution in [-0.2, 0) is 4.74 Å². The van der Waals surface area contributed by atoms with E-state index in [2.05, 4.69) is 12.2 Å². The molecule has 0 saturated heterocycles. The Kier molecular flexibility index (Phi) is 6.91. The fourth-order valence-electron chi connectivity index (χ4n) is 2.36. The van der Waals surface area contributed by atoms with E-state index >= 15 is 0 Å². The molecule has 0 bridgehead atoms. The van der Waals surface area contributed by atoms with Gasteiger partial charge in [0.05, 0.1) is 23.3 Å². The van der Waals surface area contributed by atoms with E-state index in [0.29, 0.717) is 17.9 Å². The number of hydrogen-bond donors (Lipinski definition) is 2. The number of carboxylic acids is 1. The maximum Gasteiger partial charge on any atom is 0.338 e. The van der Waals surface area contributed by atoms with Crippen molar-refractivity contribution in [1.82, 2.24) is 0 Å². The van der Waals surface area contributed by atoms with Crippen LogP contribution in [0.5, 0.6) is 0 Å². The average molecular weight is 355 g/mol. The Morgan fingerprint density at radius 2 is 1.62 bits per heavy atom. The van der Waals surface area contributed by atoms with Gasteiger partial charge < -0.3 is 15.2 Å². The van der Waals surface area contributed by atoms with Gasteiger partial charge >= 0.3 is 11.9 Å². The van der Waals surface area contributed by atoms with Crippen LogP contribution in [-0.4, -0.2) is 29.6 Å². The summed E-state index contributed by atoms with van der Waals surface area (Å²) in [5.74, 6) is -2.11. The predicted octanol–water partition coefficient (Wildman–Crippen LogP) is 3.98. The molecule has 136 valence electrons. The van der Waals surface area contributed by atoms with Crippen LogP contribution in [0.25, 0.3) is 0 Å². The standard InChI is InChI=1S/C20H21NO5/c1-2-3-6-13-26-20(25)14-9-11-15(12-10-14)21-18(22)16-7-4-5-8-17(16)19(23)24/h4-5,7-12H,2-3,6,13H2,1H3,(H,21,22)(H,23,24). The lowest BCUT2D eigenvalue weighted by Gasteiger charge is -2.09. The van der Waals surface area contributed by atoms with Gasteiger partial charge in [0.1, 0.15) is 0 Å². The summed E-state index contributed by atoms with van der Waals surface area (Å²) in [4.78, 5) is 35.4. The van der Waals surface area contributed by atoms with Crippen molar-refractivity contribution in [3.8, 4) is 0 Å². The zero-order valence-electron chi connectivity index (χ0n) is 14.5. The Hall–Kier alpha value is -3.15. The number of esters is 1. The van der Waals surface area contributed by atoms with Gasteiger partial charge in [0, 0.05) is 5.69 Å². The maximum atomic E-state index is 12.3. The summed E-state index contributed by atoms with van der Waals surface area (Å²) < 4.78 is 5.17. The molecule has 0 aliphatic rings.